The Morgan fingerprint density at radius 3 is 2.79 bits per heavy atom. The summed E-state index contributed by atoms with van der Waals surface area (Å²) in [6.45, 7) is 1.83. The smallest absolute Gasteiger partial charge is 0.253 e. The van der Waals surface area contributed by atoms with Gasteiger partial charge in [-0.05, 0) is 37.1 Å². The van der Waals surface area contributed by atoms with Crippen LogP contribution in [-0.4, -0.2) is 29.8 Å². The summed E-state index contributed by atoms with van der Waals surface area (Å²) in [5.74, 6) is 0.904. The van der Waals surface area contributed by atoms with E-state index in [0.29, 0.717) is 18.7 Å². The van der Waals surface area contributed by atoms with Gasteiger partial charge in [0.2, 0.25) is 5.91 Å². The van der Waals surface area contributed by atoms with Crippen molar-refractivity contribution in [1.82, 2.24) is 10.2 Å². The van der Waals surface area contributed by atoms with Crippen LogP contribution >= 0.6 is 0 Å². The van der Waals surface area contributed by atoms with Gasteiger partial charge in [-0.1, -0.05) is 18.2 Å². The number of hydrogen-bond acceptors (Lipinski definition) is 3. The molecular weight excluding hydrogens is 304 g/mol. The fourth-order valence-corrected chi connectivity index (χ4v) is 3.71. The molecule has 1 aromatic carbocycles. The van der Waals surface area contributed by atoms with Gasteiger partial charge in [0.25, 0.3) is 5.91 Å². The number of amides is 2. The van der Waals surface area contributed by atoms with Crippen LogP contribution in [0.2, 0.25) is 0 Å². The van der Waals surface area contributed by atoms with Crippen molar-refractivity contribution < 1.29 is 14.0 Å². The minimum atomic E-state index is -0.0162. The summed E-state index contributed by atoms with van der Waals surface area (Å²) in [5.41, 5.74) is 0.701. The number of benzene rings is 1. The SMILES string of the molecule is O=C(NCc1ccco1)[C@H]1C[C@@]12CCN(C(=O)c1ccccc1)C2. The zero-order valence-corrected chi connectivity index (χ0v) is 13.4. The Bertz CT molecular complexity index is 741. The fraction of sp³-hybridized carbons (Fsp3) is 0.368. The summed E-state index contributed by atoms with van der Waals surface area (Å²) in [6, 6.07) is 13.0. The molecule has 2 amide bonds. The molecule has 1 spiro atoms. The monoisotopic (exact) mass is 324 g/mol. The molecule has 2 aromatic rings. The van der Waals surface area contributed by atoms with Gasteiger partial charge in [-0.2, -0.15) is 0 Å². The van der Waals surface area contributed by atoms with Crippen LogP contribution in [0.5, 0.6) is 0 Å². The van der Waals surface area contributed by atoms with Gasteiger partial charge in [-0.25, -0.2) is 0 Å². The van der Waals surface area contributed by atoms with Gasteiger partial charge in [-0.3, -0.25) is 9.59 Å². The predicted molar refractivity (Wildman–Crippen MR) is 88.1 cm³/mol. The van der Waals surface area contributed by atoms with E-state index in [2.05, 4.69) is 5.32 Å². The number of rotatable bonds is 4. The van der Waals surface area contributed by atoms with Gasteiger partial charge < -0.3 is 14.6 Å². The topological polar surface area (TPSA) is 62.6 Å². The summed E-state index contributed by atoms with van der Waals surface area (Å²) in [5, 5.41) is 2.94. The molecule has 1 aliphatic carbocycles. The molecule has 1 saturated heterocycles. The Morgan fingerprint density at radius 1 is 1.21 bits per heavy atom. The Balaban J connectivity index is 1.34. The Morgan fingerprint density at radius 2 is 2.04 bits per heavy atom. The van der Waals surface area contributed by atoms with Gasteiger partial charge in [0, 0.05) is 30.0 Å². The van der Waals surface area contributed by atoms with Crippen LogP contribution in [0.25, 0.3) is 0 Å². The lowest BCUT2D eigenvalue weighted by atomic mass is 10.0. The molecule has 1 aromatic heterocycles. The first-order valence-electron chi connectivity index (χ1n) is 8.32. The third kappa shape index (κ3) is 2.70. The second kappa shape index (κ2) is 5.82. The first-order valence-corrected chi connectivity index (χ1v) is 8.32. The van der Waals surface area contributed by atoms with Crippen LogP contribution in [0.3, 0.4) is 0 Å². The van der Waals surface area contributed by atoms with Crippen LogP contribution in [-0.2, 0) is 11.3 Å². The molecule has 2 atom stereocenters. The number of nitrogens with zero attached hydrogens (tertiary/aromatic N) is 1. The van der Waals surface area contributed by atoms with Crippen molar-refractivity contribution >= 4 is 11.8 Å². The van der Waals surface area contributed by atoms with E-state index < -0.39 is 0 Å². The Kier molecular flexibility index (Phi) is 3.63. The van der Waals surface area contributed by atoms with Gasteiger partial charge in [0.15, 0.2) is 0 Å². The Hall–Kier alpha value is -2.56. The van der Waals surface area contributed by atoms with E-state index in [1.165, 1.54) is 0 Å². The molecule has 1 saturated carbocycles. The Labute approximate surface area is 140 Å². The zero-order chi connectivity index (χ0) is 16.6. The van der Waals surface area contributed by atoms with Gasteiger partial charge in [0.1, 0.15) is 5.76 Å². The van der Waals surface area contributed by atoms with Crippen molar-refractivity contribution in [3.05, 3.63) is 60.1 Å². The van der Waals surface area contributed by atoms with Crippen molar-refractivity contribution in [3.8, 4) is 0 Å². The predicted octanol–water partition coefficient (Wildman–Crippen LogP) is 2.45. The molecule has 5 heteroatoms. The molecule has 0 bridgehead atoms. The van der Waals surface area contributed by atoms with E-state index in [1.807, 2.05) is 47.4 Å². The lowest BCUT2D eigenvalue weighted by Crippen LogP contribution is -2.31. The zero-order valence-electron chi connectivity index (χ0n) is 13.4. The first kappa shape index (κ1) is 15.0. The maximum Gasteiger partial charge on any atom is 0.253 e. The number of nitrogens with one attached hydrogen (secondary N) is 1. The van der Waals surface area contributed by atoms with Crippen molar-refractivity contribution in [2.45, 2.75) is 19.4 Å². The highest BCUT2D eigenvalue weighted by Crippen LogP contribution is 2.58. The maximum atomic E-state index is 12.5. The summed E-state index contributed by atoms with van der Waals surface area (Å²) >= 11 is 0. The van der Waals surface area contributed by atoms with Crippen molar-refractivity contribution in [2.75, 3.05) is 13.1 Å². The number of hydrogen-bond donors (Lipinski definition) is 1. The third-order valence-electron chi connectivity index (χ3n) is 5.22. The van der Waals surface area contributed by atoms with Crippen LogP contribution in [0.4, 0.5) is 0 Å². The second-order valence-electron chi connectivity index (χ2n) is 6.76. The number of likely N-dealkylation sites (tertiary alicyclic amines) is 1. The second-order valence-corrected chi connectivity index (χ2v) is 6.76. The van der Waals surface area contributed by atoms with E-state index in [4.69, 9.17) is 4.42 Å². The van der Waals surface area contributed by atoms with Gasteiger partial charge >= 0.3 is 0 Å². The number of carbonyl (C=O) groups excluding carboxylic acids is 2. The highest BCUT2D eigenvalue weighted by molar-refractivity contribution is 5.94. The lowest BCUT2D eigenvalue weighted by Gasteiger charge is -2.16. The quantitative estimate of drug-likeness (QED) is 0.939. The molecule has 2 heterocycles. The normalized spacial score (nSPS) is 25.0. The molecule has 24 heavy (non-hydrogen) atoms. The average molecular weight is 324 g/mol. The van der Waals surface area contributed by atoms with Gasteiger partial charge in [0.05, 0.1) is 12.8 Å². The van der Waals surface area contributed by atoms with Crippen LogP contribution in [0.15, 0.2) is 53.1 Å². The molecule has 0 unspecified atom stereocenters. The molecule has 1 N–H and O–H groups in total. The highest BCUT2D eigenvalue weighted by Gasteiger charge is 2.61. The van der Waals surface area contributed by atoms with Crippen LogP contribution in [0.1, 0.15) is 29.0 Å². The van der Waals surface area contributed by atoms with Crippen LogP contribution < -0.4 is 5.32 Å². The molecule has 2 aliphatic rings. The molecule has 124 valence electrons. The van der Waals surface area contributed by atoms with Gasteiger partial charge in [-0.15, -0.1) is 0 Å². The largest absolute Gasteiger partial charge is 0.467 e. The molecule has 2 fully saturated rings. The van der Waals surface area contributed by atoms with E-state index in [1.54, 1.807) is 6.26 Å². The highest BCUT2D eigenvalue weighted by atomic mass is 16.3. The van der Waals surface area contributed by atoms with E-state index in [9.17, 15) is 9.59 Å². The molecule has 1 aliphatic heterocycles. The summed E-state index contributed by atoms with van der Waals surface area (Å²) in [7, 11) is 0. The fourth-order valence-electron chi connectivity index (χ4n) is 3.71. The van der Waals surface area contributed by atoms with Crippen molar-refractivity contribution in [2.24, 2.45) is 11.3 Å². The van der Waals surface area contributed by atoms with E-state index >= 15 is 0 Å². The summed E-state index contributed by atoms with van der Waals surface area (Å²) in [4.78, 5) is 26.8. The average Bonchev–Trinajstić information content (AvgIpc) is 2.95. The standard InChI is InChI=1S/C19H20N2O3/c22-17(20-12-15-7-4-10-24-15)16-11-19(16)8-9-21(13-19)18(23)14-5-2-1-3-6-14/h1-7,10,16H,8-9,11-13H2,(H,20,22)/t16-,19-/m1/s1. The van der Waals surface area contributed by atoms with Crippen LogP contribution in [0, 0.1) is 11.3 Å². The summed E-state index contributed by atoms with van der Waals surface area (Å²) < 4.78 is 5.23. The molecule has 4 rings (SSSR count). The van der Waals surface area contributed by atoms with Crippen molar-refractivity contribution in [3.63, 3.8) is 0 Å². The van der Waals surface area contributed by atoms with Crippen molar-refractivity contribution in [1.29, 1.82) is 0 Å². The minimum Gasteiger partial charge on any atom is -0.467 e. The molecular formula is C19H20N2O3. The first-order chi connectivity index (χ1) is 11.7. The van der Waals surface area contributed by atoms with E-state index in [0.717, 1.165) is 25.1 Å². The third-order valence-corrected chi connectivity index (χ3v) is 5.22. The van der Waals surface area contributed by atoms with E-state index in [-0.39, 0.29) is 23.1 Å². The number of furan rings is 1. The molecule has 5 nitrogen and oxygen atoms in total. The lowest BCUT2D eigenvalue weighted by molar-refractivity contribution is -0.123. The summed E-state index contributed by atoms with van der Waals surface area (Å²) in [6.07, 6.45) is 3.38. The molecule has 0 radical (unpaired) electrons. The number of carbonyl (C=O) groups is 2. The maximum absolute atomic E-state index is 12.5. The minimum absolute atomic E-state index is 0.0148.